The van der Waals surface area contributed by atoms with Gasteiger partial charge in [-0.2, -0.15) is 0 Å². The van der Waals surface area contributed by atoms with Crippen LogP contribution in [0.1, 0.15) is 56.2 Å². The molecule has 1 aliphatic rings. The van der Waals surface area contributed by atoms with Crippen LogP contribution in [0.2, 0.25) is 0 Å². The van der Waals surface area contributed by atoms with Gasteiger partial charge in [-0.15, -0.1) is 0 Å². The van der Waals surface area contributed by atoms with Crippen LogP contribution < -0.4 is 5.63 Å². The van der Waals surface area contributed by atoms with E-state index in [0.29, 0.717) is 30.6 Å². The van der Waals surface area contributed by atoms with Crippen LogP contribution >= 0.6 is 0 Å². The number of carbonyl (C=O) groups excluding carboxylic acids is 1. The van der Waals surface area contributed by atoms with E-state index in [-0.39, 0.29) is 18.1 Å². The summed E-state index contributed by atoms with van der Waals surface area (Å²) in [6.07, 6.45) is 2.40. The smallest absolute Gasteiger partial charge is 0.336 e. The molecule has 1 aromatic heterocycles. The maximum atomic E-state index is 12.1. The summed E-state index contributed by atoms with van der Waals surface area (Å²) >= 11 is 0. The number of aryl methyl sites for hydroxylation is 1. The van der Waals surface area contributed by atoms with E-state index in [1.54, 1.807) is 6.07 Å². The zero-order chi connectivity index (χ0) is 19.6. The lowest BCUT2D eigenvalue weighted by Crippen LogP contribution is -2.32. The molecule has 0 N–H and O–H groups in total. The van der Waals surface area contributed by atoms with Gasteiger partial charge in [-0.25, -0.2) is 4.79 Å². The number of carbonyl (C=O) groups is 1. The number of fused-ring (bicyclic) bond motifs is 1. The first-order chi connectivity index (χ1) is 12.9. The van der Waals surface area contributed by atoms with Crippen molar-refractivity contribution in [3.8, 4) is 0 Å². The lowest BCUT2D eigenvalue weighted by molar-refractivity contribution is -0.144. The number of hydrogen-bond acceptors (Lipinski definition) is 5. The summed E-state index contributed by atoms with van der Waals surface area (Å²) in [5.41, 5.74) is 3.54. The molecule has 1 fully saturated rings. The van der Waals surface area contributed by atoms with Gasteiger partial charge in [0.15, 0.2) is 0 Å². The SMILES string of the molecule is CCOC(=O)CN(Cc1cc(=O)oc2cc(C)c(C(C)C)cc12)CC1CC1. The molecular formula is C22H29NO4. The first-order valence-corrected chi connectivity index (χ1v) is 9.82. The third-order valence-corrected chi connectivity index (χ3v) is 5.10. The summed E-state index contributed by atoms with van der Waals surface area (Å²) in [4.78, 5) is 26.2. The fraction of sp³-hybridized carbons (Fsp3) is 0.545. The number of ether oxygens (including phenoxy) is 1. The Balaban J connectivity index is 1.95. The Bertz CT molecular complexity index is 880. The molecule has 1 saturated carbocycles. The Labute approximate surface area is 160 Å². The highest BCUT2D eigenvalue weighted by molar-refractivity contribution is 5.82. The molecule has 0 bridgehead atoms. The predicted octanol–water partition coefficient (Wildman–Crippen LogP) is 4.00. The van der Waals surface area contributed by atoms with Crippen LogP contribution in [-0.4, -0.2) is 30.6 Å². The molecule has 146 valence electrons. The van der Waals surface area contributed by atoms with E-state index >= 15 is 0 Å². The van der Waals surface area contributed by atoms with Crippen molar-refractivity contribution in [1.29, 1.82) is 0 Å². The molecule has 0 unspecified atom stereocenters. The average molecular weight is 371 g/mol. The molecule has 0 spiro atoms. The van der Waals surface area contributed by atoms with Crippen molar-refractivity contribution in [1.82, 2.24) is 4.90 Å². The van der Waals surface area contributed by atoms with Gasteiger partial charge in [-0.1, -0.05) is 13.8 Å². The third kappa shape index (κ3) is 4.98. The van der Waals surface area contributed by atoms with Crippen molar-refractivity contribution in [2.24, 2.45) is 5.92 Å². The number of nitrogens with zero attached hydrogens (tertiary/aromatic N) is 1. The number of benzene rings is 1. The standard InChI is InChI=1S/C22H29NO4/c1-5-26-22(25)13-23(11-16-6-7-16)12-17-9-21(24)27-20-8-15(4)18(14(2)3)10-19(17)20/h8-10,14,16H,5-7,11-13H2,1-4H3. The van der Waals surface area contributed by atoms with Gasteiger partial charge in [0, 0.05) is 24.5 Å². The van der Waals surface area contributed by atoms with Crippen LogP contribution in [0.15, 0.2) is 27.4 Å². The molecule has 27 heavy (non-hydrogen) atoms. The third-order valence-electron chi connectivity index (χ3n) is 5.10. The average Bonchev–Trinajstić information content (AvgIpc) is 3.37. The van der Waals surface area contributed by atoms with Gasteiger partial charge in [0.2, 0.25) is 0 Å². The van der Waals surface area contributed by atoms with E-state index in [4.69, 9.17) is 9.15 Å². The van der Waals surface area contributed by atoms with E-state index < -0.39 is 0 Å². The summed E-state index contributed by atoms with van der Waals surface area (Å²) in [6.45, 7) is 10.2. The Morgan fingerprint density at radius 1 is 1.30 bits per heavy atom. The topological polar surface area (TPSA) is 59.8 Å². The second-order valence-electron chi connectivity index (χ2n) is 7.87. The molecule has 0 amide bonds. The molecule has 5 heteroatoms. The van der Waals surface area contributed by atoms with E-state index in [1.807, 2.05) is 19.9 Å². The monoisotopic (exact) mass is 371 g/mol. The van der Waals surface area contributed by atoms with E-state index in [1.165, 1.54) is 18.4 Å². The van der Waals surface area contributed by atoms with Gasteiger partial charge in [-0.05, 0) is 67.3 Å². The van der Waals surface area contributed by atoms with Crippen molar-refractivity contribution in [2.75, 3.05) is 19.7 Å². The van der Waals surface area contributed by atoms with Gasteiger partial charge in [0.1, 0.15) is 5.58 Å². The zero-order valence-corrected chi connectivity index (χ0v) is 16.7. The quantitative estimate of drug-likeness (QED) is 0.518. The first-order valence-electron chi connectivity index (χ1n) is 9.82. The van der Waals surface area contributed by atoms with Gasteiger partial charge in [0.05, 0.1) is 13.2 Å². The Morgan fingerprint density at radius 2 is 2.04 bits per heavy atom. The van der Waals surface area contributed by atoms with Crippen LogP contribution in [0.3, 0.4) is 0 Å². The van der Waals surface area contributed by atoms with Gasteiger partial charge in [0.25, 0.3) is 0 Å². The van der Waals surface area contributed by atoms with Crippen LogP contribution in [0.5, 0.6) is 0 Å². The number of esters is 1. The van der Waals surface area contributed by atoms with Crippen molar-refractivity contribution < 1.29 is 13.9 Å². The highest BCUT2D eigenvalue weighted by Gasteiger charge is 2.26. The van der Waals surface area contributed by atoms with Crippen molar-refractivity contribution in [3.05, 3.63) is 45.3 Å². The molecule has 0 aliphatic heterocycles. The van der Waals surface area contributed by atoms with Crippen molar-refractivity contribution >= 4 is 16.9 Å². The van der Waals surface area contributed by atoms with Crippen LogP contribution in [0, 0.1) is 12.8 Å². The van der Waals surface area contributed by atoms with Crippen LogP contribution in [-0.2, 0) is 16.1 Å². The highest BCUT2D eigenvalue weighted by atomic mass is 16.5. The lowest BCUT2D eigenvalue weighted by atomic mass is 9.95. The fourth-order valence-corrected chi connectivity index (χ4v) is 3.62. The molecule has 2 aromatic rings. The molecule has 0 radical (unpaired) electrons. The Hall–Kier alpha value is -2.14. The zero-order valence-electron chi connectivity index (χ0n) is 16.7. The Kier molecular flexibility index (Phi) is 6.00. The first kappa shape index (κ1) is 19.6. The Morgan fingerprint density at radius 3 is 2.67 bits per heavy atom. The minimum Gasteiger partial charge on any atom is -0.465 e. The largest absolute Gasteiger partial charge is 0.465 e. The normalized spacial score (nSPS) is 14.3. The molecule has 0 saturated heterocycles. The second kappa shape index (κ2) is 8.26. The van der Waals surface area contributed by atoms with Crippen LogP contribution in [0.25, 0.3) is 11.0 Å². The molecular weight excluding hydrogens is 342 g/mol. The van der Waals surface area contributed by atoms with Crippen molar-refractivity contribution in [3.63, 3.8) is 0 Å². The van der Waals surface area contributed by atoms with Gasteiger partial charge in [-0.3, -0.25) is 9.69 Å². The maximum absolute atomic E-state index is 12.1. The fourth-order valence-electron chi connectivity index (χ4n) is 3.62. The minimum atomic E-state index is -0.350. The maximum Gasteiger partial charge on any atom is 0.336 e. The number of rotatable bonds is 8. The van der Waals surface area contributed by atoms with E-state index in [0.717, 1.165) is 23.1 Å². The highest BCUT2D eigenvalue weighted by Crippen LogP contribution is 2.31. The van der Waals surface area contributed by atoms with Crippen molar-refractivity contribution in [2.45, 2.75) is 53.0 Å². The molecule has 3 rings (SSSR count). The molecule has 1 aliphatic carbocycles. The lowest BCUT2D eigenvalue weighted by Gasteiger charge is -2.22. The molecule has 1 heterocycles. The molecule has 0 atom stereocenters. The van der Waals surface area contributed by atoms with Gasteiger partial charge >= 0.3 is 11.6 Å². The predicted molar refractivity (Wildman–Crippen MR) is 106 cm³/mol. The minimum absolute atomic E-state index is 0.218. The summed E-state index contributed by atoms with van der Waals surface area (Å²) in [5, 5.41) is 0.952. The number of hydrogen-bond donors (Lipinski definition) is 0. The molecule has 1 aromatic carbocycles. The second-order valence-corrected chi connectivity index (χ2v) is 7.87. The summed E-state index contributed by atoms with van der Waals surface area (Å²) in [5.74, 6) is 0.805. The summed E-state index contributed by atoms with van der Waals surface area (Å²) in [6, 6.07) is 5.65. The van der Waals surface area contributed by atoms with E-state index in [9.17, 15) is 9.59 Å². The summed E-state index contributed by atoms with van der Waals surface area (Å²) < 4.78 is 10.6. The molecule has 5 nitrogen and oxygen atoms in total. The van der Waals surface area contributed by atoms with E-state index in [2.05, 4.69) is 24.8 Å². The van der Waals surface area contributed by atoms with Crippen LogP contribution in [0.4, 0.5) is 0 Å². The summed E-state index contributed by atoms with van der Waals surface area (Å²) in [7, 11) is 0. The van der Waals surface area contributed by atoms with Gasteiger partial charge < -0.3 is 9.15 Å².